The van der Waals surface area contributed by atoms with Gasteiger partial charge in [-0.1, -0.05) is 12.5 Å². The van der Waals surface area contributed by atoms with Gasteiger partial charge in [-0.15, -0.1) is 6.58 Å². The fourth-order valence-corrected chi connectivity index (χ4v) is 2.34. The third-order valence-corrected chi connectivity index (χ3v) is 3.41. The van der Waals surface area contributed by atoms with Crippen LogP contribution in [0.5, 0.6) is 0 Å². The van der Waals surface area contributed by atoms with Gasteiger partial charge in [0.1, 0.15) is 0 Å². The van der Waals surface area contributed by atoms with Crippen molar-refractivity contribution >= 4 is 0 Å². The molecule has 88 valence electrons. The fraction of sp³-hybridized carbons (Fsp3) is 0.846. The van der Waals surface area contributed by atoms with E-state index in [1.165, 1.54) is 32.2 Å². The van der Waals surface area contributed by atoms with Crippen LogP contribution in [0.1, 0.15) is 39.0 Å². The quantitative estimate of drug-likeness (QED) is 0.677. The summed E-state index contributed by atoms with van der Waals surface area (Å²) in [6.07, 6.45) is 8.53. The molecule has 1 rings (SSSR count). The van der Waals surface area contributed by atoms with E-state index in [1.807, 2.05) is 6.08 Å². The number of hydrogen-bond acceptors (Lipinski definition) is 2. The molecule has 0 aromatic rings. The van der Waals surface area contributed by atoms with Gasteiger partial charge in [0.15, 0.2) is 0 Å². The number of likely N-dealkylation sites (tertiary alicyclic amines) is 1. The predicted octanol–water partition coefficient (Wildman–Crippen LogP) is 2.42. The zero-order chi connectivity index (χ0) is 11.1. The van der Waals surface area contributed by atoms with Crippen LogP contribution in [0.4, 0.5) is 0 Å². The van der Waals surface area contributed by atoms with Gasteiger partial charge in [-0.2, -0.15) is 0 Å². The summed E-state index contributed by atoms with van der Waals surface area (Å²) >= 11 is 0. The van der Waals surface area contributed by atoms with Gasteiger partial charge < -0.3 is 10.2 Å². The maximum atomic E-state index is 3.76. The largest absolute Gasteiger partial charge is 0.314 e. The van der Waals surface area contributed by atoms with Crippen LogP contribution in [0.15, 0.2) is 12.7 Å². The molecule has 1 aliphatic heterocycles. The van der Waals surface area contributed by atoms with Crippen molar-refractivity contribution in [3.63, 3.8) is 0 Å². The van der Waals surface area contributed by atoms with E-state index in [0.717, 1.165) is 19.0 Å². The minimum atomic E-state index is 0.580. The molecule has 1 fully saturated rings. The maximum absolute atomic E-state index is 3.76. The van der Waals surface area contributed by atoms with Crippen LogP contribution in [0.2, 0.25) is 0 Å². The van der Waals surface area contributed by atoms with Gasteiger partial charge in [0.2, 0.25) is 0 Å². The van der Waals surface area contributed by atoms with Crippen molar-refractivity contribution in [3.8, 4) is 0 Å². The van der Waals surface area contributed by atoms with Crippen molar-refractivity contribution in [2.45, 2.75) is 51.1 Å². The summed E-state index contributed by atoms with van der Waals surface area (Å²) in [7, 11) is 2.26. The van der Waals surface area contributed by atoms with Gasteiger partial charge in [0, 0.05) is 12.1 Å². The Hall–Kier alpha value is -0.340. The predicted molar refractivity (Wildman–Crippen MR) is 67.2 cm³/mol. The second kappa shape index (κ2) is 7.02. The summed E-state index contributed by atoms with van der Waals surface area (Å²) in [5.41, 5.74) is 0. The zero-order valence-corrected chi connectivity index (χ0v) is 10.3. The van der Waals surface area contributed by atoms with Crippen LogP contribution in [0.3, 0.4) is 0 Å². The Labute approximate surface area is 94.7 Å². The molecule has 0 aromatic carbocycles. The summed E-state index contributed by atoms with van der Waals surface area (Å²) in [4.78, 5) is 2.52. The molecule has 1 N–H and O–H groups in total. The Bertz CT molecular complexity index is 179. The van der Waals surface area contributed by atoms with Crippen LogP contribution in [-0.4, -0.2) is 37.1 Å². The van der Waals surface area contributed by atoms with Crippen LogP contribution in [0, 0.1) is 0 Å². The Morgan fingerprint density at radius 2 is 2.33 bits per heavy atom. The van der Waals surface area contributed by atoms with Crippen LogP contribution < -0.4 is 5.32 Å². The van der Waals surface area contributed by atoms with E-state index in [0.29, 0.717) is 6.04 Å². The molecule has 2 unspecified atom stereocenters. The van der Waals surface area contributed by atoms with Gasteiger partial charge in [0.25, 0.3) is 0 Å². The topological polar surface area (TPSA) is 15.3 Å². The van der Waals surface area contributed by atoms with Crippen molar-refractivity contribution in [3.05, 3.63) is 12.7 Å². The smallest absolute Gasteiger partial charge is 0.0104 e. The Kier molecular flexibility index (Phi) is 5.96. The lowest BCUT2D eigenvalue weighted by Gasteiger charge is -2.32. The van der Waals surface area contributed by atoms with E-state index < -0.39 is 0 Å². The van der Waals surface area contributed by atoms with Gasteiger partial charge in [-0.25, -0.2) is 0 Å². The SMILES string of the molecule is C=CCC(C)NCCC1CCCCN1C. The molecule has 0 aromatic heterocycles. The molecule has 0 radical (unpaired) electrons. The van der Waals surface area contributed by atoms with E-state index in [2.05, 4.69) is 30.8 Å². The fourth-order valence-electron chi connectivity index (χ4n) is 2.34. The highest BCUT2D eigenvalue weighted by molar-refractivity contribution is 4.78. The molecule has 2 heteroatoms. The first-order valence-electron chi connectivity index (χ1n) is 6.28. The molecule has 1 saturated heterocycles. The van der Waals surface area contributed by atoms with Crippen LogP contribution in [0.25, 0.3) is 0 Å². The number of piperidine rings is 1. The van der Waals surface area contributed by atoms with E-state index in [1.54, 1.807) is 0 Å². The number of nitrogens with one attached hydrogen (secondary N) is 1. The lowest BCUT2D eigenvalue weighted by atomic mass is 10.00. The van der Waals surface area contributed by atoms with Crippen molar-refractivity contribution in [1.82, 2.24) is 10.2 Å². The second-order valence-corrected chi connectivity index (χ2v) is 4.80. The van der Waals surface area contributed by atoms with Crippen molar-refractivity contribution < 1.29 is 0 Å². The average molecular weight is 210 g/mol. The van der Waals surface area contributed by atoms with Gasteiger partial charge in [-0.3, -0.25) is 0 Å². The summed E-state index contributed by atoms with van der Waals surface area (Å²) < 4.78 is 0. The minimum Gasteiger partial charge on any atom is -0.314 e. The standard InChI is InChI=1S/C13H26N2/c1-4-7-12(2)14-10-9-13-8-5-6-11-15(13)3/h4,12-14H,1,5-11H2,2-3H3. The Morgan fingerprint density at radius 1 is 1.53 bits per heavy atom. The molecule has 0 aliphatic carbocycles. The molecule has 1 aliphatic rings. The molecule has 0 amide bonds. The van der Waals surface area contributed by atoms with Crippen LogP contribution in [-0.2, 0) is 0 Å². The molecule has 2 atom stereocenters. The molecule has 0 saturated carbocycles. The van der Waals surface area contributed by atoms with Crippen LogP contribution >= 0.6 is 0 Å². The summed E-state index contributed by atoms with van der Waals surface area (Å²) in [5, 5.41) is 3.55. The average Bonchev–Trinajstić information content (AvgIpc) is 2.21. The molecule has 2 nitrogen and oxygen atoms in total. The van der Waals surface area contributed by atoms with Gasteiger partial charge >= 0.3 is 0 Å². The maximum Gasteiger partial charge on any atom is 0.0104 e. The van der Waals surface area contributed by atoms with E-state index in [9.17, 15) is 0 Å². The molecule has 15 heavy (non-hydrogen) atoms. The van der Waals surface area contributed by atoms with Gasteiger partial charge in [0.05, 0.1) is 0 Å². The van der Waals surface area contributed by atoms with E-state index >= 15 is 0 Å². The molecular formula is C13H26N2. The van der Waals surface area contributed by atoms with E-state index in [4.69, 9.17) is 0 Å². The first-order valence-corrected chi connectivity index (χ1v) is 6.28. The van der Waals surface area contributed by atoms with Crippen molar-refractivity contribution in [2.24, 2.45) is 0 Å². The Morgan fingerprint density at radius 3 is 3.00 bits per heavy atom. The Balaban J connectivity index is 2.10. The first kappa shape index (κ1) is 12.7. The molecule has 0 bridgehead atoms. The monoisotopic (exact) mass is 210 g/mol. The molecule has 0 spiro atoms. The first-order chi connectivity index (χ1) is 7.24. The van der Waals surface area contributed by atoms with Crippen molar-refractivity contribution in [1.29, 1.82) is 0 Å². The summed E-state index contributed by atoms with van der Waals surface area (Å²) in [6, 6.07) is 1.39. The number of nitrogens with zero attached hydrogens (tertiary/aromatic N) is 1. The number of rotatable bonds is 6. The van der Waals surface area contributed by atoms with Gasteiger partial charge in [-0.05, 0) is 52.7 Å². The second-order valence-electron chi connectivity index (χ2n) is 4.80. The highest BCUT2D eigenvalue weighted by atomic mass is 15.1. The summed E-state index contributed by atoms with van der Waals surface area (Å²) in [6.45, 7) is 8.42. The number of hydrogen-bond donors (Lipinski definition) is 1. The molecule has 1 heterocycles. The highest BCUT2D eigenvalue weighted by Gasteiger charge is 2.17. The van der Waals surface area contributed by atoms with E-state index in [-0.39, 0.29) is 0 Å². The zero-order valence-electron chi connectivity index (χ0n) is 10.3. The lowest BCUT2D eigenvalue weighted by molar-refractivity contribution is 0.174. The van der Waals surface area contributed by atoms with Crippen molar-refractivity contribution in [2.75, 3.05) is 20.1 Å². The highest BCUT2D eigenvalue weighted by Crippen LogP contribution is 2.17. The third-order valence-electron chi connectivity index (χ3n) is 3.41. The molecular weight excluding hydrogens is 184 g/mol. The third kappa shape index (κ3) is 4.80. The summed E-state index contributed by atoms with van der Waals surface area (Å²) in [5.74, 6) is 0. The lowest BCUT2D eigenvalue weighted by Crippen LogP contribution is -2.39. The normalized spacial score (nSPS) is 25.1. The minimum absolute atomic E-state index is 0.580.